The molecule has 0 bridgehead atoms. The molecule has 0 aliphatic carbocycles. The largest absolute Gasteiger partial charge is 0.457 e. The summed E-state index contributed by atoms with van der Waals surface area (Å²) in [5.74, 6) is 0.378. The molecule has 7 heteroatoms. The maximum atomic E-state index is 12.3. The summed E-state index contributed by atoms with van der Waals surface area (Å²) in [7, 11) is 0. The van der Waals surface area contributed by atoms with Gasteiger partial charge in [0, 0.05) is 5.39 Å². The van der Waals surface area contributed by atoms with Crippen LogP contribution in [0.2, 0.25) is 0 Å². The highest BCUT2D eigenvalue weighted by molar-refractivity contribution is 7.13. The van der Waals surface area contributed by atoms with E-state index >= 15 is 0 Å². The number of carbonyl (C=O) groups is 1. The minimum atomic E-state index is -1.03. The zero-order valence-electron chi connectivity index (χ0n) is 14.0. The Balaban J connectivity index is 1.46. The second-order valence-corrected chi connectivity index (χ2v) is 6.84. The summed E-state index contributed by atoms with van der Waals surface area (Å²) in [6, 6.07) is 15.7. The van der Waals surface area contributed by atoms with Gasteiger partial charge in [0.25, 0.3) is 5.91 Å². The molecule has 136 valence electrons. The van der Waals surface area contributed by atoms with Crippen molar-refractivity contribution in [3.8, 4) is 10.6 Å². The number of hydrogen-bond donors (Lipinski definition) is 2. The lowest BCUT2D eigenvalue weighted by molar-refractivity contribution is 0.0898. The van der Waals surface area contributed by atoms with Gasteiger partial charge in [0.2, 0.25) is 0 Å². The number of hydrogen-bond acceptors (Lipinski definition) is 6. The van der Waals surface area contributed by atoms with Crippen LogP contribution in [0.15, 0.2) is 73.6 Å². The second kappa shape index (κ2) is 7.22. The van der Waals surface area contributed by atoms with E-state index in [1.165, 1.54) is 17.4 Å². The predicted molar refractivity (Wildman–Crippen MR) is 102 cm³/mol. The molecule has 3 aromatic heterocycles. The first-order chi connectivity index (χ1) is 13.1. The van der Waals surface area contributed by atoms with Gasteiger partial charge in [-0.05, 0) is 35.7 Å². The smallest absolute Gasteiger partial charge is 0.349 e. The fourth-order valence-electron chi connectivity index (χ4n) is 2.69. The molecule has 3 heterocycles. The number of aliphatic hydroxyl groups excluding tert-OH is 1. The SMILES string of the molecule is O=C(NCC(O)c1ccc(-c2cccs2)o1)c1cc2ccccc2oc1=O. The highest BCUT2D eigenvalue weighted by Gasteiger charge is 2.18. The fraction of sp³-hybridized carbons (Fsp3) is 0.100. The van der Waals surface area contributed by atoms with Gasteiger partial charge in [0.05, 0.1) is 11.4 Å². The third kappa shape index (κ3) is 3.55. The Morgan fingerprint density at radius 1 is 1.11 bits per heavy atom. The van der Waals surface area contributed by atoms with Crippen molar-refractivity contribution in [1.29, 1.82) is 0 Å². The molecule has 4 aromatic rings. The van der Waals surface area contributed by atoms with E-state index in [0.29, 0.717) is 22.5 Å². The monoisotopic (exact) mass is 381 g/mol. The number of aliphatic hydroxyl groups is 1. The maximum absolute atomic E-state index is 12.3. The van der Waals surface area contributed by atoms with Crippen molar-refractivity contribution in [1.82, 2.24) is 5.32 Å². The summed E-state index contributed by atoms with van der Waals surface area (Å²) >= 11 is 1.53. The van der Waals surface area contributed by atoms with Gasteiger partial charge in [-0.15, -0.1) is 11.3 Å². The molecule has 1 amide bonds. The molecule has 0 saturated carbocycles. The number of para-hydroxylation sites is 1. The van der Waals surface area contributed by atoms with Gasteiger partial charge < -0.3 is 19.3 Å². The molecule has 6 nitrogen and oxygen atoms in total. The quantitative estimate of drug-likeness (QED) is 0.516. The van der Waals surface area contributed by atoms with Gasteiger partial charge in [-0.2, -0.15) is 0 Å². The molecule has 0 fully saturated rings. The van der Waals surface area contributed by atoms with Crippen LogP contribution in [0, 0.1) is 0 Å². The first kappa shape index (κ1) is 17.3. The normalized spacial score (nSPS) is 12.2. The first-order valence-corrected chi connectivity index (χ1v) is 9.12. The Bertz CT molecular complexity index is 1140. The van der Waals surface area contributed by atoms with Crippen LogP contribution in [0.3, 0.4) is 0 Å². The van der Waals surface area contributed by atoms with Gasteiger partial charge in [0.1, 0.15) is 28.8 Å². The van der Waals surface area contributed by atoms with Gasteiger partial charge >= 0.3 is 5.63 Å². The molecule has 1 aromatic carbocycles. The average molecular weight is 381 g/mol. The number of carbonyl (C=O) groups excluding carboxylic acids is 1. The molecular formula is C20H15NO5S. The van der Waals surface area contributed by atoms with Crippen molar-refractivity contribution in [2.45, 2.75) is 6.10 Å². The van der Waals surface area contributed by atoms with E-state index in [4.69, 9.17) is 8.83 Å². The molecular weight excluding hydrogens is 366 g/mol. The lowest BCUT2D eigenvalue weighted by atomic mass is 10.1. The van der Waals surface area contributed by atoms with E-state index in [1.54, 1.807) is 36.4 Å². The van der Waals surface area contributed by atoms with Crippen LogP contribution in [0.5, 0.6) is 0 Å². The molecule has 27 heavy (non-hydrogen) atoms. The summed E-state index contributed by atoms with van der Waals surface area (Å²) in [5, 5.41) is 15.4. The molecule has 0 spiro atoms. The third-order valence-electron chi connectivity index (χ3n) is 4.06. The van der Waals surface area contributed by atoms with Crippen LogP contribution < -0.4 is 10.9 Å². The number of amides is 1. The molecule has 1 unspecified atom stereocenters. The van der Waals surface area contributed by atoms with Crippen LogP contribution in [0.4, 0.5) is 0 Å². The summed E-state index contributed by atoms with van der Waals surface area (Å²) < 4.78 is 10.8. The van der Waals surface area contributed by atoms with Gasteiger partial charge in [-0.1, -0.05) is 24.3 Å². The highest BCUT2D eigenvalue weighted by Crippen LogP contribution is 2.28. The lowest BCUT2D eigenvalue weighted by Crippen LogP contribution is -2.31. The van der Waals surface area contributed by atoms with E-state index in [-0.39, 0.29) is 12.1 Å². The van der Waals surface area contributed by atoms with Gasteiger partial charge in [-0.3, -0.25) is 4.79 Å². The third-order valence-corrected chi connectivity index (χ3v) is 4.95. The zero-order chi connectivity index (χ0) is 18.8. The molecule has 2 N–H and O–H groups in total. The number of furan rings is 1. The number of fused-ring (bicyclic) bond motifs is 1. The van der Waals surface area contributed by atoms with Crippen LogP contribution in [-0.4, -0.2) is 17.6 Å². The van der Waals surface area contributed by atoms with E-state index in [1.807, 2.05) is 17.5 Å². The summed E-state index contributed by atoms with van der Waals surface area (Å²) in [6.07, 6.45) is -1.03. The van der Waals surface area contributed by atoms with Gasteiger partial charge in [-0.25, -0.2) is 4.79 Å². The highest BCUT2D eigenvalue weighted by atomic mass is 32.1. The molecule has 1 atom stereocenters. The summed E-state index contributed by atoms with van der Waals surface area (Å²) in [6.45, 7) is -0.0947. The molecule has 4 rings (SSSR count). The van der Waals surface area contributed by atoms with Crippen molar-refractivity contribution in [2.24, 2.45) is 0 Å². The van der Waals surface area contributed by atoms with Crippen molar-refractivity contribution >= 4 is 28.2 Å². The number of benzene rings is 1. The molecule has 0 saturated heterocycles. The minimum Gasteiger partial charge on any atom is -0.457 e. The number of thiophene rings is 1. The van der Waals surface area contributed by atoms with Crippen molar-refractivity contribution in [3.05, 3.63) is 81.7 Å². The van der Waals surface area contributed by atoms with E-state index in [9.17, 15) is 14.7 Å². The predicted octanol–water partition coefficient (Wildman–Crippen LogP) is 3.58. The molecule has 0 aliphatic heterocycles. The second-order valence-electron chi connectivity index (χ2n) is 5.89. The van der Waals surface area contributed by atoms with E-state index in [0.717, 1.165) is 4.88 Å². The van der Waals surface area contributed by atoms with Crippen molar-refractivity contribution in [2.75, 3.05) is 6.54 Å². The van der Waals surface area contributed by atoms with Crippen LogP contribution in [-0.2, 0) is 0 Å². The minimum absolute atomic E-state index is 0.0947. The zero-order valence-corrected chi connectivity index (χ0v) is 14.9. The Hall–Kier alpha value is -3.16. The van der Waals surface area contributed by atoms with E-state index < -0.39 is 17.6 Å². The Morgan fingerprint density at radius 2 is 1.96 bits per heavy atom. The van der Waals surface area contributed by atoms with Crippen molar-refractivity contribution < 1.29 is 18.7 Å². The first-order valence-electron chi connectivity index (χ1n) is 8.24. The fourth-order valence-corrected chi connectivity index (χ4v) is 3.38. The number of nitrogens with one attached hydrogen (secondary N) is 1. The maximum Gasteiger partial charge on any atom is 0.349 e. The Morgan fingerprint density at radius 3 is 2.78 bits per heavy atom. The standard InChI is InChI=1S/C20H15NO5S/c22-14(16-7-8-17(25-16)18-6-3-9-27-18)11-21-19(23)13-10-12-4-1-2-5-15(12)26-20(13)24/h1-10,14,22H,11H2,(H,21,23). The summed E-state index contributed by atoms with van der Waals surface area (Å²) in [5.41, 5.74) is -0.422. The lowest BCUT2D eigenvalue weighted by Gasteiger charge is -2.09. The van der Waals surface area contributed by atoms with Crippen LogP contribution in [0.25, 0.3) is 21.6 Å². The van der Waals surface area contributed by atoms with E-state index in [2.05, 4.69) is 5.32 Å². The Kier molecular flexibility index (Phi) is 4.62. The number of rotatable bonds is 5. The summed E-state index contributed by atoms with van der Waals surface area (Å²) in [4.78, 5) is 25.3. The topological polar surface area (TPSA) is 92.7 Å². The molecule has 0 aliphatic rings. The molecule has 0 radical (unpaired) electrons. The van der Waals surface area contributed by atoms with Crippen LogP contribution >= 0.6 is 11.3 Å². The van der Waals surface area contributed by atoms with Crippen molar-refractivity contribution in [3.63, 3.8) is 0 Å². The van der Waals surface area contributed by atoms with Crippen LogP contribution in [0.1, 0.15) is 22.2 Å². The average Bonchev–Trinajstić information content (AvgIpc) is 3.36. The van der Waals surface area contributed by atoms with Gasteiger partial charge in [0.15, 0.2) is 0 Å². The Labute approximate surface area is 157 Å².